The molecule has 0 aliphatic heterocycles. The smallest absolute Gasteiger partial charge is 0.319 e. The predicted molar refractivity (Wildman–Crippen MR) is 82.0 cm³/mol. The minimum atomic E-state index is -0.275. The Kier molecular flexibility index (Phi) is 5.20. The lowest BCUT2D eigenvalue weighted by atomic mass is 10.1. The molecule has 1 aromatic rings. The van der Waals surface area contributed by atoms with Crippen molar-refractivity contribution in [3.63, 3.8) is 0 Å². The zero-order valence-electron chi connectivity index (χ0n) is 12.1. The lowest BCUT2D eigenvalue weighted by molar-refractivity contribution is 0.101. The summed E-state index contributed by atoms with van der Waals surface area (Å²) in [4.78, 5) is 23.2. The molecule has 6 heteroatoms. The Bertz CT molecular complexity index is 548. The van der Waals surface area contributed by atoms with E-state index >= 15 is 0 Å². The van der Waals surface area contributed by atoms with Gasteiger partial charge in [-0.1, -0.05) is 11.6 Å². The summed E-state index contributed by atoms with van der Waals surface area (Å²) < 4.78 is 5.27. The maximum absolute atomic E-state index is 11.9. The standard InChI is InChI=1S/C15H19ClN2O3/c1-9(19)13-6-4-11(8-14(13)16)18-15(20)17-10-3-5-12(7-10)21-2/h4,6,8,10,12H,3,5,7H2,1-2H3,(H2,17,18,20). The van der Waals surface area contributed by atoms with Crippen molar-refractivity contribution in [2.75, 3.05) is 12.4 Å². The molecule has 2 atom stereocenters. The fraction of sp³-hybridized carbons (Fsp3) is 0.467. The molecule has 1 fully saturated rings. The first-order valence-electron chi connectivity index (χ1n) is 6.90. The predicted octanol–water partition coefficient (Wildman–Crippen LogP) is 3.23. The third-order valence-electron chi connectivity index (χ3n) is 3.66. The Balaban J connectivity index is 1.91. The lowest BCUT2D eigenvalue weighted by Gasteiger charge is -2.14. The van der Waals surface area contributed by atoms with E-state index in [1.165, 1.54) is 6.92 Å². The molecule has 2 amide bonds. The Morgan fingerprint density at radius 1 is 1.33 bits per heavy atom. The SMILES string of the molecule is COC1CCC(NC(=O)Nc2ccc(C(C)=O)c(Cl)c2)C1. The number of rotatable bonds is 4. The van der Waals surface area contributed by atoms with Crippen LogP contribution in [0.15, 0.2) is 18.2 Å². The van der Waals surface area contributed by atoms with Crippen molar-refractivity contribution in [3.8, 4) is 0 Å². The van der Waals surface area contributed by atoms with Crippen molar-refractivity contribution in [2.45, 2.75) is 38.3 Å². The molecule has 2 N–H and O–H groups in total. The van der Waals surface area contributed by atoms with Crippen molar-refractivity contribution in [1.29, 1.82) is 0 Å². The minimum absolute atomic E-state index is 0.104. The number of ether oxygens (including phenoxy) is 1. The molecule has 5 nitrogen and oxygen atoms in total. The molecule has 0 aromatic heterocycles. The summed E-state index contributed by atoms with van der Waals surface area (Å²) in [5.41, 5.74) is 1.00. The fourth-order valence-corrected chi connectivity index (χ4v) is 2.83. The van der Waals surface area contributed by atoms with Crippen LogP contribution in [0, 0.1) is 0 Å². The van der Waals surface area contributed by atoms with Crippen molar-refractivity contribution in [2.24, 2.45) is 0 Å². The number of urea groups is 1. The van der Waals surface area contributed by atoms with E-state index in [1.54, 1.807) is 25.3 Å². The molecule has 114 valence electrons. The summed E-state index contributed by atoms with van der Waals surface area (Å²) in [6, 6.07) is 4.70. The van der Waals surface area contributed by atoms with E-state index in [4.69, 9.17) is 16.3 Å². The zero-order chi connectivity index (χ0) is 15.4. The van der Waals surface area contributed by atoms with Crippen molar-refractivity contribution >= 4 is 29.1 Å². The van der Waals surface area contributed by atoms with E-state index in [1.807, 2.05) is 0 Å². The van der Waals surface area contributed by atoms with Gasteiger partial charge in [-0.2, -0.15) is 0 Å². The van der Waals surface area contributed by atoms with Crippen LogP contribution in [0.5, 0.6) is 0 Å². The van der Waals surface area contributed by atoms with Crippen LogP contribution in [0.4, 0.5) is 10.5 Å². The van der Waals surface area contributed by atoms with Crippen LogP contribution in [-0.4, -0.2) is 31.1 Å². The fourth-order valence-electron chi connectivity index (χ4n) is 2.52. The molecular weight excluding hydrogens is 292 g/mol. The Labute approximate surface area is 129 Å². The van der Waals surface area contributed by atoms with Crippen LogP contribution >= 0.6 is 11.6 Å². The number of carbonyl (C=O) groups is 2. The van der Waals surface area contributed by atoms with Crippen LogP contribution in [0.25, 0.3) is 0 Å². The van der Waals surface area contributed by atoms with Crippen LogP contribution in [0.2, 0.25) is 5.02 Å². The van der Waals surface area contributed by atoms with E-state index in [-0.39, 0.29) is 24.0 Å². The van der Waals surface area contributed by atoms with Gasteiger partial charge in [0.15, 0.2) is 5.78 Å². The van der Waals surface area contributed by atoms with Gasteiger partial charge in [0, 0.05) is 24.4 Å². The molecule has 0 bridgehead atoms. The first-order valence-corrected chi connectivity index (χ1v) is 7.28. The van der Waals surface area contributed by atoms with E-state index in [0.29, 0.717) is 16.3 Å². The highest BCUT2D eigenvalue weighted by atomic mass is 35.5. The monoisotopic (exact) mass is 310 g/mol. The lowest BCUT2D eigenvalue weighted by Crippen LogP contribution is -2.36. The van der Waals surface area contributed by atoms with Crippen LogP contribution < -0.4 is 10.6 Å². The van der Waals surface area contributed by atoms with Crippen LogP contribution in [0.1, 0.15) is 36.5 Å². The van der Waals surface area contributed by atoms with Gasteiger partial charge in [0.05, 0.1) is 11.1 Å². The van der Waals surface area contributed by atoms with Crippen LogP contribution in [0.3, 0.4) is 0 Å². The third kappa shape index (κ3) is 4.19. The molecule has 0 saturated heterocycles. The average Bonchev–Trinajstić information content (AvgIpc) is 2.85. The number of Topliss-reactive ketones (excluding diaryl/α,β-unsaturated/α-hetero) is 1. The Hall–Kier alpha value is -1.59. The Morgan fingerprint density at radius 2 is 2.10 bits per heavy atom. The number of amides is 2. The molecule has 0 spiro atoms. The minimum Gasteiger partial charge on any atom is -0.381 e. The summed E-state index contributed by atoms with van der Waals surface area (Å²) in [7, 11) is 1.69. The molecule has 0 radical (unpaired) electrons. The number of halogens is 1. The number of ketones is 1. The van der Waals surface area contributed by atoms with Gasteiger partial charge < -0.3 is 15.4 Å². The summed E-state index contributed by atoms with van der Waals surface area (Å²) in [5.74, 6) is -0.104. The van der Waals surface area contributed by atoms with Gasteiger partial charge in [0.2, 0.25) is 0 Å². The highest BCUT2D eigenvalue weighted by Gasteiger charge is 2.25. The maximum atomic E-state index is 11.9. The number of hydrogen-bond acceptors (Lipinski definition) is 3. The van der Waals surface area contributed by atoms with Gasteiger partial charge in [-0.25, -0.2) is 4.79 Å². The van der Waals surface area contributed by atoms with Crippen molar-refractivity contribution < 1.29 is 14.3 Å². The van der Waals surface area contributed by atoms with E-state index < -0.39 is 0 Å². The molecule has 1 aliphatic rings. The van der Waals surface area contributed by atoms with Crippen molar-refractivity contribution in [1.82, 2.24) is 5.32 Å². The van der Waals surface area contributed by atoms with E-state index in [0.717, 1.165) is 19.3 Å². The second kappa shape index (κ2) is 6.91. The largest absolute Gasteiger partial charge is 0.381 e. The molecule has 0 heterocycles. The number of nitrogens with one attached hydrogen (secondary N) is 2. The first kappa shape index (κ1) is 15.8. The first-order chi connectivity index (χ1) is 9.99. The summed E-state index contributed by atoms with van der Waals surface area (Å²) >= 11 is 6.01. The van der Waals surface area contributed by atoms with E-state index in [9.17, 15) is 9.59 Å². The highest BCUT2D eigenvalue weighted by molar-refractivity contribution is 6.34. The average molecular weight is 311 g/mol. The molecule has 1 saturated carbocycles. The van der Waals surface area contributed by atoms with Gasteiger partial charge in [-0.05, 0) is 44.4 Å². The Morgan fingerprint density at radius 3 is 2.67 bits per heavy atom. The molecule has 2 rings (SSSR count). The van der Waals surface area contributed by atoms with Gasteiger partial charge in [0.1, 0.15) is 0 Å². The number of carbonyl (C=O) groups excluding carboxylic acids is 2. The second-order valence-corrected chi connectivity index (χ2v) is 5.62. The zero-order valence-corrected chi connectivity index (χ0v) is 12.9. The quantitative estimate of drug-likeness (QED) is 0.839. The van der Waals surface area contributed by atoms with Crippen molar-refractivity contribution in [3.05, 3.63) is 28.8 Å². The van der Waals surface area contributed by atoms with Gasteiger partial charge in [0.25, 0.3) is 0 Å². The second-order valence-electron chi connectivity index (χ2n) is 5.22. The summed E-state index contributed by atoms with van der Waals surface area (Å²) in [6.45, 7) is 1.45. The number of hydrogen-bond donors (Lipinski definition) is 2. The summed E-state index contributed by atoms with van der Waals surface area (Å²) in [6.07, 6.45) is 2.92. The van der Waals surface area contributed by atoms with Gasteiger partial charge in [-0.15, -0.1) is 0 Å². The normalized spacial score (nSPS) is 21.1. The van der Waals surface area contributed by atoms with E-state index in [2.05, 4.69) is 10.6 Å². The van der Waals surface area contributed by atoms with Gasteiger partial charge >= 0.3 is 6.03 Å². The van der Waals surface area contributed by atoms with Gasteiger partial charge in [-0.3, -0.25) is 4.79 Å². The molecule has 1 aliphatic carbocycles. The summed E-state index contributed by atoms with van der Waals surface area (Å²) in [5, 5.41) is 5.96. The third-order valence-corrected chi connectivity index (χ3v) is 3.97. The maximum Gasteiger partial charge on any atom is 0.319 e. The number of methoxy groups -OCH3 is 1. The topological polar surface area (TPSA) is 67.4 Å². The highest BCUT2D eigenvalue weighted by Crippen LogP contribution is 2.23. The van der Waals surface area contributed by atoms with Crippen LogP contribution in [-0.2, 0) is 4.74 Å². The number of anilines is 1. The molecular formula is C15H19ClN2O3. The molecule has 1 aromatic carbocycles. The molecule has 21 heavy (non-hydrogen) atoms. The molecule has 2 unspecified atom stereocenters. The number of benzene rings is 1.